The summed E-state index contributed by atoms with van der Waals surface area (Å²) in [6, 6.07) is 17.1. The number of halogens is 1. The van der Waals surface area contributed by atoms with Gasteiger partial charge in [-0.1, -0.05) is 35.5 Å². The maximum absolute atomic E-state index is 13.4. The molecule has 6 nitrogen and oxygen atoms in total. The van der Waals surface area contributed by atoms with E-state index in [4.69, 9.17) is 13.7 Å². The van der Waals surface area contributed by atoms with Crippen LogP contribution in [0.15, 0.2) is 69.6 Å². The van der Waals surface area contributed by atoms with Gasteiger partial charge in [-0.25, -0.2) is 4.39 Å². The molecule has 2 heterocycles. The van der Waals surface area contributed by atoms with Crippen LogP contribution in [0.4, 0.5) is 4.39 Å². The fourth-order valence-electron chi connectivity index (χ4n) is 2.56. The first-order valence-electron chi connectivity index (χ1n) is 8.27. The molecule has 0 atom stereocenters. The Bertz CT molecular complexity index is 1050. The Hall–Kier alpha value is -3.61. The third-order valence-corrected chi connectivity index (χ3v) is 3.89. The topological polar surface area (TPSA) is 77.5 Å². The second-order valence-electron chi connectivity index (χ2n) is 5.83. The normalized spacial score (nSPS) is 10.9. The van der Waals surface area contributed by atoms with Gasteiger partial charge in [0, 0.05) is 11.5 Å². The third-order valence-electron chi connectivity index (χ3n) is 3.89. The van der Waals surface area contributed by atoms with Crippen LogP contribution in [0, 0.1) is 5.82 Å². The van der Waals surface area contributed by atoms with Crippen LogP contribution in [0.3, 0.4) is 0 Å². The lowest BCUT2D eigenvalue weighted by Crippen LogP contribution is -2.28. The van der Waals surface area contributed by atoms with Crippen molar-refractivity contribution in [2.24, 2.45) is 0 Å². The van der Waals surface area contributed by atoms with Gasteiger partial charge in [0.2, 0.25) is 5.76 Å². The van der Waals surface area contributed by atoms with E-state index in [0.717, 1.165) is 11.0 Å². The second kappa shape index (κ2) is 7.33. The van der Waals surface area contributed by atoms with E-state index in [9.17, 15) is 9.18 Å². The summed E-state index contributed by atoms with van der Waals surface area (Å²) in [5.41, 5.74) is 1.29. The van der Waals surface area contributed by atoms with Crippen LogP contribution < -0.4 is 10.1 Å². The van der Waals surface area contributed by atoms with Crippen LogP contribution in [-0.2, 0) is 11.3 Å². The molecule has 0 aliphatic heterocycles. The van der Waals surface area contributed by atoms with E-state index in [1.807, 2.05) is 30.3 Å². The molecule has 2 aromatic heterocycles. The van der Waals surface area contributed by atoms with Gasteiger partial charge < -0.3 is 19.0 Å². The van der Waals surface area contributed by atoms with Crippen molar-refractivity contribution in [3.8, 4) is 17.3 Å². The minimum atomic E-state index is -0.516. The molecule has 0 radical (unpaired) electrons. The lowest BCUT2D eigenvalue weighted by molar-refractivity contribution is -0.123. The van der Waals surface area contributed by atoms with E-state index in [1.165, 1.54) is 12.1 Å². The van der Waals surface area contributed by atoms with Crippen molar-refractivity contribution in [2.75, 3.05) is 6.61 Å². The Morgan fingerprint density at radius 3 is 2.74 bits per heavy atom. The number of ether oxygens (including phenoxy) is 1. The number of carbonyl (C=O) groups is 1. The summed E-state index contributed by atoms with van der Waals surface area (Å²) in [5, 5.41) is 7.52. The first-order chi connectivity index (χ1) is 13.2. The maximum atomic E-state index is 13.4. The van der Waals surface area contributed by atoms with Gasteiger partial charge in [-0.05, 0) is 24.3 Å². The number of amides is 1. The first kappa shape index (κ1) is 16.8. The van der Waals surface area contributed by atoms with Crippen LogP contribution in [0.2, 0.25) is 0 Å². The number of nitrogens with zero attached hydrogens (tertiary/aromatic N) is 1. The van der Waals surface area contributed by atoms with Gasteiger partial charge in [0.05, 0.1) is 6.54 Å². The molecular weight excluding hydrogens is 351 g/mol. The Labute approximate surface area is 153 Å². The number of rotatable bonds is 6. The highest BCUT2D eigenvalue weighted by Crippen LogP contribution is 2.28. The molecule has 0 aliphatic carbocycles. The fourth-order valence-corrected chi connectivity index (χ4v) is 2.56. The Kier molecular flexibility index (Phi) is 4.57. The zero-order valence-corrected chi connectivity index (χ0v) is 14.1. The minimum Gasteiger partial charge on any atom is -0.481 e. The van der Waals surface area contributed by atoms with Gasteiger partial charge in [0.1, 0.15) is 11.3 Å². The Morgan fingerprint density at radius 1 is 1.07 bits per heavy atom. The summed E-state index contributed by atoms with van der Waals surface area (Å²) < 4.78 is 29.6. The lowest BCUT2D eigenvalue weighted by Gasteiger charge is -2.06. The minimum absolute atomic E-state index is 0.0289. The summed E-state index contributed by atoms with van der Waals surface area (Å²) in [6.45, 7) is -0.140. The zero-order chi connectivity index (χ0) is 18.6. The van der Waals surface area contributed by atoms with Gasteiger partial charge in [-0.2, -0.15) is 0 Å². The van der Waals surface area contributed by atoms with Gasteiger partial charge in [-0.3, -0.25) is 4.79 Å². The van der Waals surface area contributed by atoms with Gasteiger partial charge in [0.15, 0.2) is 23.9 Å². The number of para-hydroxylation sites is 2. The standard InChI is InChI=1S/C20H15FN2O4/c21-15-6-2-4-8-17(15)25-12-20(24)22-11-14-10-19(27-23-14)18-9-13-5-1-3-7-16(13)26-18/h1-10H,11-12H2,(H,22,24). The van der Waals surface area contributed by atoms with Crippen LogP contribution in [0.25, 0.3) is 22.5 Å². The predicted molar refractivity (Wildman–Crippen MR) is 95.5 cm³/mol. The number of benzene rings is 2. The molecule has 0 bridgehead atoms. The Morgan fingerprint density at radius 2 is 1.89 bits per heavy atom. The van der Waals surface area contributed by atoms with Gasteiger partial charge >= 0.3 is 0 Å². The van der Waals surface area contributed by atoms with E-state index in [1.54, 1.807) is 18.2 Å². The molecular formula is C20H15FN2O4. The van der Waals surface area contributed by atoms with Gasteiger partial charge in [0.25, 0.3) is 5.91 Å². The van der Waals surface area contributed by atoms with E-state index in [0.29, 0.717) is 17.2 Å². The van der Waals surface area contributed by atoms with Crippen molar-refractivity contribution in [1.82, 2.24) is 10.5 Å². The first-order valence-corrected chi connectivity index (χ1v) is 8.27. The van der Waals surface area contributed by atoms with E-state index in [2.05, 4.69) is 10.5 Å². The molecule has 0 spiro atoms. The Balaban J connectivity index is 1.34. The number of furan rings is 1. The molecule has 0 saturated heterocycles. The van der Waals surface area contributed by atoms with E-state index in [-0.39, 0.29) is 18.9 Å². The molecule has 0 saturated carbocycles. The second-order valence-corrected chi connectivity index (χ2v) is 5.83. The van der Waals surface area contributed by atoms with Crippen molar-refractivity contribution in [1.29, 1.82) is 0 Å². The predicted octanol–water partition coefficient (Wildman–Crippen LogP) is 3.92. The molecule has 0 aliphatic rings. The largest absolute Gasteiger partial charge is 0.481 e. The average Bonchev–Trinajstić information content (AvgIpc) is 3.32. The summed E-state index contributed by atoms with van der Waals surface area (Å²) in [4.78, 5) is 11.9. The number of carbonyl (C=O) groups excluding carboxylic acids is 1. The number of nitrogens with one attached hydrogen (secondary N) is 1. The molecule has 27 heavy (non-hydrogen) atoms. The lowest BCUT2D eigenvalue weighted by atomic mass is 10.2. The van der Waals surface area contributed by atoms with Gasteiger partial charge in [-0.15, -0.1) is 0 Å². The molecule has 1 amide bonds. The summed E-state index contributed by atoms with van der Waals surface area (Å²) in [7, 11) is 0. The van der Waals surface area contributed by atoms with Crippen molar-refractivity contribution in [3.05, 3.63) is 72.2 Å². The summed E-state index contributed by atoms with van der Waals surface area (Å²) >= 11 is 0. The molecule has 4 aromatic rings. The fraction of sp³-hybridized carbons (Fsp3) is 0.100. The van der Waals surface area contributed by atoms with Crippen LogP contribution in [0.1, 0.15) is 5.69 Å². The monoisotopic (exact) mass is 366 g/mol. The van der Waals surface area contributed by atoms with Crippen molar-refractivity contribution in [3.63, 3.8) is 0 Å². The molecule has 1 N–H and O–H groups in total. The van der Waals surface area contributed by atoms with Crippen molar-refractivity contribution < 1.29 is 22.9 Å². The average molecular weight is 366 g/mol. The number of fused-ring (bicyclic) bond motifs is 1. The van der Waals surface area contributed by atoms with E-state index < -0.39 is 11.7 Å². The van der Waals surface area contributed by atoms with Crippen LogP contribution in [-0.4, -0.2) is 17.7 Å². The van der Waals surface area contributed by atoms with Crippen LogP contribution >= 0.6 is 0 Å². The quantitative estimate of drug-likeness (QED) is 0.560. The highest BCUT2D eigenvalue weighted by Gasteiger charge is 2.13. The number of aromatic nitrogens is 1. The maximum Gasteiger partial charge on any atom is 0.258 e. The smallest absolute Gasteiger partial charge is 0.258 e. The zero-order valence-electron chi connectivity index (χ0n) is 14.1. The van der Waals surface area contributed by atoms with Crippen molar-refractivity contribution >= 4 is 16.9 Å². The molecule has 0 unspecified atom stereocenters. The highest BCUT2D eigenvalue weighted by molar-refractivity contribution is 5.81. The summed E-state index contributed by atoms with van der Waals surface area (Å²) in [5.74, 6) is 0.146. The molecule has 2 aromatic carbocycles. The molecule has 7 heteroatoms. The van der Waals surface area contributed by atoms with Crippen LogP contribution in [0.5, 0.6) is 5.75 Å². The number of hydrogen-bond donors (Lipinski definition) is 1. The van der Waals surface area contributed by atoms with Crippen molar-refractivity contribution in [2.45, 2.75) is 6.54 Å². The molecule has 4 rings (SSSR count). The number of hydrogen-bond acceptors (Lipinski definition) is 5. The van der Waals surface area contributed by atoms with E-state index >= 15 is 0 Å². The molecule has 136 valence electrons. The molecule has 0 fully saturated rings. The SMILES string of the molecule is O=C(COc1ccccc1F)NCc1cc(-c2cc3ccccc3o2)on1. The summed E-state index contributed by atoms with van der Waals surface area (Å²) in [6.07, 6.45) is 0. The third kappa shape index (κ3) is 3.82. The highest BCUT2D eigenvalue weighted by atomic mass is 19.1.